The number of fused-ring (bicyclic) bond motifs is 3. The zero-order valence-corrected chi connectivity index (χ0v) is 17.2. The lowest BCUT2D eigenvalue weighted by Crippen LogP contribution is -1.97. The van der Waals surface area contributed by atoms with Crippen LogP contribution in [0.5, 0.6) is 11.5 Å². The summed E-state index contributed by atoms with van der Waals surface area (Å²) in [5, 5.41) is 0. The molecule has 148 valence electrons. The molecule has 0 amide bonds. The first-order valence-corrected chi connectivity index (χ1v) is 10.6. The first-order valence-electron chi connectivity index (χ1n) is 10.6. The van der Waals surface area contributed by atoms with E-state index in [1.54, 1.807) is 0 Å². The lowest BCUT2D eigenvalue weighted by atomic mass is 9.96. The number of benzene rings is 4. The first-order chi connectivity index (χ1) is 14.7. The molecule has 0 radical (unpaired) electrons. The number of anilines is 1. The Hall–Kier alpha value is -3.52. The summed E-state index contributed by atoms with van der Waals surface area (Å²) in [6.45, 7) is 2.16. The van der Waals surface area contributed by atoms with Gasteiger partial charge in [-0.2, -0.15) is 0 Å². The van der Waals surface area contributed by atoms with Gasteiger partial charge in [-0.05, 0) is 70.0 Å². The van der Waals surface area contributed by atoms with Gasteiger partial charge in [0.05, 0.1) is 5.69 Å². The quantitative estimate of drug-likeness (QED) is 0.320. The third-order valence-electron chi connectivity index (χ3n) is 5.92. The summed E-state index contributed by atoms with van der Waals surface area (Å²) in [5.41, 5.74) is 16.2. The van der Waals surface area contributed by atoms with E-state index in [-0.39, 0.29) is 0 Å². The van der Waals surface area contributed by atoms with Gasteiger partial charge < -0.3 is 10.5 Å². The topological polar surface area (TPSA) is 35.2 Å². The van der Waals surface area contributed by atoms with Crippen LogP contribution in [0.2, 0.25) is 0 Å². The second-order valence-electron chi connectivity index (χ2n) is 7.87. The predicted molar refractivity (Wildman–Crippen MR) is 125 cm³/mol. The Kier molecular flexibility index (Phi) is 4.76. The van der Waals surface area contributed by atoms with Crippen LogP contribution in [0.4, 0.5) is 5.69 Å². The fourth-order valence-corrected chi connectivity index (χ4v) is 4.42. The first kappa shape index (κ1) is 18.5. The van der Waals surface area contributed by atoms with Crippen LogP contribution in [0.1, 0.15) is 30.0 Å². The van der Waals surface area contributed by atoms with Crippen molar-refractivity contribution in [1.29, 1.82) is 0 Å². The van der Waals surface area contributed by atoms with Crippen molar-refractivity contribution in [2.24, 2.45) is 0 Å². The molecule has 2 nitrogen and oxygen atoms in total. The zero-order valence-electron chi connectivity index (χ0n) is 17.2. The molecule has 2 heteroatoms. The van der Waals surface area contributed by atoms with Crippen molar-refractivity contribution in [2.45, 2.75) is 26.2 Å². The molecular weight excluding hydrogens is 366 g/mol. The van der Waals surface area contributed by atoms with Crippen molar-refractivity contribution in [2.75, 3.05) is 5.73 Å². The van der Waals surface area contributed by atoms with Crippen molar-refractivity contribution >= 4 is 5.69 Å². The molecule has 0 aliphatic heterocycles. The molecule has 0 aromatic heterocycles. The number of nitrogen functional groups attached to an aromatic ring is 1. The average molecular weight is 392 g/mol. The lowest BCUT2D eigenvalue weighted by molar-refractivity contribution is 0.484. The summed E-state index contributed by atoms with van der Waals surface area (Å²) in [4.78, 5) is 0. The van der Waals surface area contributed by atoms with Crippen molar-refractivity contribution in [3.05, 3.63) is 102 Å². The Morgan fingerprint density at radius 2 is 1.50 bits per heavy atom. The highest BCUT2D eigenvalue weighted by Gasteiger charge is 2.20. The minimum atomic E-state index is 0.727. The van der Waals surface area contributed by atoms with Crippen molar-refractivity contribution in [1.82, 2.24) is 0 Å². The van der Waals surface area contributed by atoms with Crippen LogP contribution < -0.4 is 10.5 Å². The van der Waals surface area contributed by atoms with Gasteiger partial charge in [0.25, 0.3) is 0 Å². The normalized spacial score (nSPS) is 11.8. The predicted octanol–water partition coefficient (Wildman–Crippen LogP) is 7.25. The molecule has 30 heavy (non-hydrogen) atoms. The van der Waals surface area contributed by atoms with E-state index in [0.717, 1.165) is 42.0 Å². The summed E-state index contributed by atoms with van der Waals surface area (Å²) in [7, 11) is 0. The molecule has 4 aromatic carbocycles. The number of aryl methyl sites for hydroxylation is 1. The molecular formula is C28H25NO. The van der Waals surface area contributed by atoms with Gasteiger partial charge in [0.2, 0.25) is 0 Å². The van der Waals surface area contributed by atoms with E-state index in [1.807, 2.05) is 24.3 Å². The average Bonchev–Trinajstić information content (AvgIpc) is 3.16. The Morgan fingerprint density at radius 3 is 2.33 bits per heavy atom. The molecule has 1 aliphatic carbocycles. The molecule has 0 heterocycles. The molecule has 0 unspecified atom stereocenters. The number of nitrogens with two attached hydrogens (primary N) is 1. The van der Waals surface area contributed by atoms with Gasteiger partial charge in [-0.25, -0.2) is 0 Å². The van der Waals surface area contributed by atoms with E-state index in [1.165, 1.54) is 33.4 Å². The van der Waals surface area contributed by atoms with Crippen LogP contribution in [-0.2, 0) is 12.8 Å². The van der Waals surface area contributed by atoms with Crippen LogP contribution in [0, 0.1) is 0 Å². The van der Waals surface area contributed by atoms with E-state index in [4.69, 9.17) is 10.5 Å². The summed E-state index contributed by atoms with van der Waals surface area (Å²) in [6, 6.07) is 29.6. The Balaban J connectivity index is 1.43. The van der Waals surface area contributed by atoms with Gasteiger partial charge in [-0.1, -0.05) is 80.1 Å². The van der Waals surface area contributed by atoms with Crippen LogP contribution in [-0.4, -0.2) is 0 Å². The van der Waals surface area contributed by atoms with E-state index < -0.39 is 0 Å². The number of ether oxygens (including phenoxy) is 1. The molecule has 0 bridgehead atoms. The van der Waals surface area contributed by atoms with Crippen LogP contribution in [0.25, 0.3) is 22.3 Å². The number of para-hydroxylation sites is 1. The lowest BCUT2D eigenvalue weighted by Gasteiger charge is -2.13. The number of rotatable bonds is 5. The van der Waals surface area contributed by atoms with E-state index in [2.05, 4.69) is 67.6 Å². The maximum atomic E-state index is 6.32. The smallest absolute Gasteiger partial charge is 0.150 e. The van der Waals surface area contributed by atoms with Crippen LogP contribution >= 0.6 is 0 Å². The minimum absolute atomic E-state index is 0.727. The highest BCUT2D eigenvalue weighted by atomic mass is 16.5. The van der Waals surface area contributed by atoms with Gasteiger partial charge in [0.15, 0.2) is 5.75 Å². The fourth-order valence-electron chi connectivity index (χ4n) is 4.42. The monoisotopic (exact) mass is 391 g/mol. The maximum Gasteiger partial charge on any atom is 0.150 e. The highest BCUT2D eigenvalue weighted by molar-refractivity contribution is 5.84. The molecule has 0 saturated heterocycles. The van der Waals surface area contributed by atoms with Crippen molar-refractivity contribution < 1.29 is 4.74 Å². The fraction of sp³-hybridized carbons (Fsp3) is 0.143. The Labute approximate surface area is 178 Å². The third-order valence-corrected chi connectivity index (χ3v) is 5.92. The molecule has 1 aliphatic rings. The SMILES string of the molecule is CCCc1cccc(Oc2ccc(-c3cccc4c3Cc3ccccc3-4)cc2)c1N. The van der Waals surface area contributed by atoms with Crippen molar-refractivity contribution in [3.63, 3.8) is 0 Å². The minimum Gasteiger partial charge on any atom is -0.455 e. The van der Waals surface area contributed by atoms with Gasteiger partial charge in [-0.3, -0.25) is 0 Å². The summed E-state index contributed by atoms with van der Waals surface area (Å²) in [5.74, 6) is 1.53. The summed E-state index contributed by atoms with van der Waals surface area (Å²) >= 11 is 0. The van der Waals surface area contributed by atoms with Gasteiger partial charge >= 0.3 is 0 Å². The van der Waals surface area contributed by atoms with E-state index >= 15 is 0 Å². The highest BCUT2D eigenvalue weighted by Crippen LogP contribution is 2.41. The second-order valence-corrected chi connectivity index (χ2v) is 7.87. The van der Waals surface area contributed by atoms with Crippen LogP contribution in [0.3, 0.4) is 0 Å². The summed E-state index contributed by atoms with van der Waals surface area (Å²) < 4.78 is 6.11. The number of hydrogen-bond acceptors (Lipinski definition) is 2. The zero-order chi connectivity index (χ0) is 20.5. The van der Waals surface area contributed by atoms with Gasteiger partial charge in [0, 0.05) is 0 Å². The molecule has 0 atom stereocenters. The maximum absolute atomic E-state index is 6.32. The van der Waals surface area contributed by atoms with Crippen molar-refractivity contribution in [3.8, 4) is 33.8 Å². The molecule has 0 fully saturated rings. The van der Waals surface area contributed by atoms with Gasteiger partial charge in [0.1, 0.15) is 5.75 Å². The number of hydrogen-bond donors (Lipinski definition) is 1. The van der Waals surface area contributed by atoms with Gasteiger partial charge in [-0.15, -0.1) is 0 Å². The van der Waals surface area contributed by atoms with E-state index in [9.17, 15) is 0 Å². The molecule has 4 aromatic rings. The molecule has 0 saturated carbocycles. The second kappa shape index (κ2) is 7.72. The van der Waals surface area contributed by atoms with E-state index in [0.29, 0.717) is 0 Å². The van der Waals surface area contributed by atoms with Crippen LogP contribution in [0.15, 0.2) is 84.9 Å². The standard InChI is InChI=1S/C28H25NO/c1-2-7-20-9-5-13-27(28(20)29)30-22-16-14-19(15-17-22)23-11-6-12-25-24-10-4-3-8-21(24)18-26(23)25/h3-6,8-17H,2,7,18,29H2,1H3. The Bertz CT molecular complexity index is 1210. The Morgan fingerprint density at radius 1 is 0.767 bits per heavy atom. The third kappa shape index (κ3) is 3.25. The summed E-state index contributed by atoms with van der Waals surface area (Å²) in [6.07, 6.45) is 3.01. The molecule has 5 rings (SSSR count). The largest absolute Gasteiger partial charge is 0.455 e. The molecule has 0 spiro atoms. The molecule has 2 N–H and O–H groups in total.